The smallest absolute Gasteiger partial charge is 0.255 e. The molecule has 2 unspecified atom stereocenters. The molecule has 1 aromatic rings. The number of nitrogen functional groups attached to an aromatic ring is 1. The van der Waals surface area contributed by atoms with Gasteiger partial charge in [-0.1, -0.05) is 26.2 Å². The van der Waals surface area contributed by atoms with E-state index in [2.05, 4.69) is 22.7 Å². The standard InChI is InChI=1S/C16H26N4O/c1-11-4-3-5-13(8-11)6-7-18-16(21)14-10-19-12(2)9-15(14)20-17/h9-11,13H,3-8,17H2,1-2H3,(H,18,21)(H,19,20). The first kappa shape index (κ1) is 15.8. The van der Waals surface area contributed by atoms with E-state index < -0.39 is 0 Å². The van der Waals surface area contributed by atoms with Crippen LogP contribution in [0.25, 0.3) is 0 Å². The van der Waals surface area contributed by atoms with E-state index in [0.29, 0.717) is 17.8 Å². The molecular formula is C16H26N4O. The number of hydrogen-bond acceptors (Lipinski definition) is 4. The second kappa shape index (κ2) is 7.41. The Hall–Kier alpha value is -1.62. The summed E-state index contributed by atoms with van der Waals surface area (Å²) in [6.45, 7) is 4.91. The number of aryl methyl sites for hydroxylation is 1. The molecule has 0 saturated heterocycles. The van der Waals surface area contributed by atoms with Gasteiger partial charge in [-0.05, 0) is 37.7 Å². The quantitative estimate of drug-likeness (QED) is 0.575. The van der Waals surface area contributed by atoms with Gasteiger partial charge in [0.25, 0.3) is 5.91 Å². The third-order valence-electron chi connectivity index (χ3n) is 4.32. The van der Waals surface area contributed by atoms with E-state index in [1.54, 1.807) is 12.3 Å². The van der Waals surface area contributed by atoms with Gasteiger partial charge >= 0.3 is 0 Å². The second-order valence-electron chi connectivity index (χ2n) is 6.20. The van der Waals surface area contributed by atoms with E-state index in [1.807, 2.05) is 6.92 Å². The second-order valence-corrected chi connectivity index (χ2v) is 6.20. The van der Waals surface area contributed by atoms with Crippen molar-refractivity contribution in [2.75, 3.05) is 12.0 Å². The zero-order valence-electron chi connectivity index (χ0n) is 13.0. The van der Waals surface area contributed by atoms with Crippen LogP contribution in [0.5, 0.6) is 0 Å². The lowest BCUT2D eigenvalue weighted by molar-refractivity contribution is 0.0950. The Kier molecular flexibility index (Phi) is 5.56. The fraction of sp³-hybridized carbons (Fsp3) is 0.625. The zero-order chi connectivity index (χ0) is 15.2. The molecule has 1 saturated carbocycles. The number of hydrazine groups is 1. The Morgan fingerprint density at radius 2 is 2.29 bits per heavy atom. The van der Waals surface area contributed by atoms with Crippen LogP contribution >= 0.6 is 0 Å². The van der Waals surface area contributed by atoms with E-state index in [4.69, 9.17) is 5.84 Å². The first-order valence-electron chi connectivity index (χ1n) is 7.81. The number of rotatable bonds is 5. The van der Waals surface area contributed by atoms with Crippen molar-refractivity contribution in [3.8, 4) is 0 Å². The van der Waals surface area contributed by atoms with Crippen LogP contribution in [0, 0.1) is 18.8 Å². The number of carbonyl (C=O) groups is 1. The molecule has 1 amide bonds. The number of hydrogen-bond donors (Lipinski definition) is 3. The molecule has 0 radical (unpaired) electrons. The fourth-order valence-corrected chi connectivity index (χ4v) is 3.17. The monoisotopic (exact) mass is 290 g/mol. The molecule has 1 heterocycles. The average molecular weight is 290 g/mol. The molecule has 0 bridgehead atoms. The molecule has 0 aromatic carbocycles. The molecule has 2 atom stereocenters. The van der Waals surface area contributed by atoms with Crippen LogP contribution in [-0.2, 0) is 0 Å². The lowest BCUT2D eigenvalue weighted by Gasteiger charge is -2.26. The van der Waals surface area contributed by atoms with E-state index in [1.165, 1.54) is 25.7 Å². The van der Waals surface area contributed by atoms with Gasteiger partial charge in [0.1, 0.15) is 0 Å². The van der Waals surface area contributed by atoms with Gasteiger partial charge in [0.15, 0.2) is 0 Å². The maximum Gasteiger partial charge on any atom is 0.255 e. The molecule has 116 valence electrons. The third-order valence-corrected chi connectivity index (χ3v) is 4.32. The van der Waals surface area contributed by atoms with Gasteiger partial charge in [0, 0.05) is 18.4 Å². The van der Waals surface area contributed by atoms with Crippen molar-refractivity contribution in [3.63, 3.8) is 0 Å². The van der Waals surface area contributed by atoms with Crippen LogP contribution in [0.4, 0.5) is 5.69 Å². The minimum Gasteiger partial charge on any atom is -0.352 e. The summed E-state index contributed by atoms with van der Waals surface area (Å²) in [5.41, 5.74) is 4.51. The largest absolute Gasteiger partial charge is 0.352 e. The molecule has 4 N–H and O–H groups in total. The summed E-state index contributed by atoms with van der Waals surface area (Å²) in [4.78, 5) is 16.4. The van der Waals surface area contributed by atoms with Gasteiger partial charge in [0.2, 0.25) is 0 Å². The van der Waals surface area contributed by atoms with E-state index in [0.717, 1.165) is 24.0 Å². The molecular weight excluding hydrogens is 264 g/mol. The van der Waals surface area contributed by atoms with Gasteiger partial charge in [-0.3, -0.25) is 15.6 Å². The summed E-state index contributed by atoms with van der Waals surface area (Å²) in [7, 11) is 0. The van der Waals surface area contributed by atoms with Gasteiger partial charge in [-0.2, -0.15) is 0 Å². The highest BCUT2D eigenvalue weighted by atomic mass is 16.1. The van der Waals surface area contributed by atoms with Crippen LogP contribution < -0.4 is 16.6 Å². The minimum atomic E-state index is -0.112. The fourth-order valence-electron chi connectivity index (χ4n) is 3.17. The topological polar surface area (TPSA) is 80.0 Å². The average Bonchev–Trinajstić information content (AvgIpc) is 2.47. The van der Waals surface area contributed by atoms with Crippen LogP contribution in [0.15, 0.2) is 12.3 Å². The van der Waals surface area contributed by atoms with Crippen LogP contribution in [0.2, 0.25) is 0 Å². The minimum absolute atomic E-state index is 0.112. The molecule has 1 aliphatic carbocycles. The predicted octanol–water partition coefficient (Wildman–Crippen LogP) is 2.62. The van der Waals surface area contributed by atoms with Gasteiger partial charge in [-0.15, -0.1) is 0 Å². The van der Waals surface area contributed by atoms with Crippen molar-refractivity contribution in [1.29, 1.82) is 0 Å². The number of aromatic nitrogens is 1. The van der Waals surface area contributed by atoms with E-state index in [-0.39, 0.29) is 5.91 Å². The highest BCUT2D eigenvalue weighted by molar-refractivity contribution is 5.99. The molecule has 21 heavy (non-hydrogen) atoms. The normalized spacial score (nSPS) is 21.9. The van der Waals surface area contributed by atoms with Gasteiger partial charge in [-0.25, -0.2) is 0 Å². The third kappa shape index (κ3) is 4.43. The maximum atomic E-state index is 12.2. The number of nitrogens with zero attached hydrogens (tertiary/aromatic N) is 1. The summed E-state index contributed by atoms with van der Waals surface area (Å²) in [5.74, 6) is 6.92. The first-order chi connectivity index (χ1) is 10.1. The lowest BCUT2D eigenvalue weighted by Crippen LogP contribution is -2.28. The van der Waals surface area contributed by atoms with Crippen molar-refractivity contribution >= 4 is 11.6 Å². The zero-order valence-corrected chi connectivity index (χ0v) is 13.0. The first-order valence-corrected chi connectivity index (χ1v) is 7.81. The van der Waals surface area contributed by atoms with Crippen molar-refractivity contribution in [1.82, 2.24) is 10.3 Å². The van der Waals surface area contributed by atoms with Crippen molar-refractivity contribution in [3.05, 3.63) is 23.5 Å². The number of amides is 1. The number of pyridine rings is 1. The number of anilines is 1. The Labute approximate surface area is 126 Å². The molecule has 1 aliphatic rings. The predicted molar refractivity (Wildman–Crippen MR) is 84.9 cm³/mol. The highest BCUT2D eigenvalue weighted by Crippen LogP contribution is 2.30. The highest BCUT2D eigenvalue weighted by Gasteiger charge is 2.19. The summed E-state index contributed by atoms with van der Waals surface area (Å²) in [6.07, 6.45) is 7.88. The Bertz CT molecular complexity index is 489. The number of nitrogens with two attached hydrogens (primary N) is 1. The summed E-state index contributed by atoms with van der Waals surface area (Å²) in [5, 5.41) is 2.98. The lowest BCUT2D eigenvalue weighted by atomic mass is 9.81. The van der Waals surface area contributed by atoms with Crippen LogP contribution in [0.3, 0.4) is 0 Å². The molecule has 2 rings (SSSR count). The number of carbonyl (C=O) groups excluding carboxylic acids is 1. The van der Waals surface area contributed by atoms with Crippen LogP contribution in [-0.4, -0.2) is 17.4 Å². The summed E-state index contributed by atoms with van der Waals surface area (Å²) >= 11 is 0. The maximum absolute atomic E-state index is 12.2. The molecule has 5 heteroatoms. The number of nitrogens with one attached hydrogen (secondary N) is 2. The van der Waals surface area contributed by atoms with Crippen molar-refractivity contribution < 1.29 is 4.79 Å². The van der Waals surface area contributed by atoms with Gasteiger partial charge in [0.05, 0.1) is 11.3 Å². The summed E-state index contributed by atoms with van der Waals surface area (Å²) < 4.78 is 0. The van der Waals surface area contributed by atoms with Gasteiger partial charge < -0.3 is 10.7 Å². The molecule has 5 nitrogen and oxygen atoms in total. The van der Waals surface area contributed by atoms with E-state index >= 15 is 0 Å². The summed E-state index contributed by atoms with van der Waals surface area (Å²) in [6, 6.07) is 1.78. The van der Waals surface area contributed by atoms with E-state index in [9.17, 15) is 4.79 Å². The Morgan fingerprint density at radius 1 is 1.48 bits per heavy atom. The molecule has 1 fully saturated rings. The SMILES string of the molecule is Cc1cc(NN)c(C(=O)NCCC2CCCC(C)C2)cn1. The molecule has 0 spiro atoms. The van der Waals surface area contributed by atoms with Crippen molar-refractivity contribution in [2.45, 2.75) is 46.0 Å². The molecule has 1 aromatic heterocycles. The Balaban J connectivity index is 1.84. The van der Waals surface area contributed by atoms with Crippen LogP contribution in [0.1, 0.15) is 55.1 Å². The van der Waals surface area contributed by atoms with Crippen molar-refractivity contribution in [2.24, 2.45) is 17.7 Å². The molecule has 0 aliphatic heterocycles. The Morgan fingerprint density at radius 3 is 3.00 bits per heavy atom.